The lowest BCUT2D eigenvalue weighted by Crippen LogP contribution is -2.15. The Morgan fingerprint density at radius 2 is 1.93 bits per heavy atom. The molecule has 0 aliphatic carbocycles. The largest absolute Gasteiger partial charge is 0.494 e. The van der Waals surface area contributed by atoms with Gasteiger partial charge in [0.2, 0.25) is 0 Å². The van der Waals surface area contributed by atoms with Gasteiger partial charge in [0.1, 0.15) is 12.4 Å². The Bertz CT molecular complexity index is 944. The maximum Gasteiger partial charge on any atom is 0.169 e. The molecule has 0 N–H and O–H groups in total. The van der Waals surface area contributed by atoms with E-state index in [4.69, 9.17) is 4.74 Å². The zero-order chi connectivity index (χ0) is 22.3. The van der Waals surface area contributed by atoms with Crippen molar-refractivity contribution in [2.45, 2.75) is 59.5 Å². The van der Waals surface area contributed by atoms with E-state index in [1.54, 1.807) is 18.2 Å². The molecule has 0 saturated heterocycles. The number of Topliss-reactive ketones (excluding diaryl/α,β-unsaturated/α-hetero) is 1. The standard InChI is InChI=1S/C26H32FNO2/c1-7-21(15-25(29)23-16-22(30-9-3)13-10-18(23)4)28-24-14-20(26(5,6)8-2)12-11-19(24)17-27/h7,10-14,16H,1,8-9,15,17H2,2-6H3. The zero-order valence-electron chi connectivity index (χ0n) is 18.7. The molecule has 30 heavy (non-hydrogen) atoms. The summed E-state index contributed by atoms with van der Waals surface area (Å²) in [5.74, 6) is 0.595. The highest BCUT2D eigenvalue weighted by molar-refractivity contribution is 6.14. The van der Waals surface area contributed by atoms with Crippen LogP contribution in [0.25, 0.3) is 0 Å². The molecule has 4 heteroatoms. The van der Waals surface area contributed by atoms with Crippen LogP contribution in [0.15, 0.2) is 54.0 Å². The molecular weight excluding hydrogens is 377 g/mol. The van der Waals surface area contributed by atoms with Crippen molar-refractivity contribution < 1.29 is 13.9 Å². The Morgan fingerprint density at radius 1 is 1.20 bits per heavy atom. The molecule has 0 unspecified atom stereocenters. The third-order valence-electron chi connectivity index (χ3n) is 5.56. The highest BCUT2D eigenvalue weighted by Gasteiger charge is 2.20. The van der Waals surface area contributed by atoms with Crippen molar-refractivity contribution in [2.75, 3.05) is 6.61 Å². The fraction of sp³-hybridized carbons (Fsp3) is 0.385. The number of carbonyl (C=O) groups excluding carboxylic acids is 1. The van der Waals surface area contributed by atoms with Gasteiger partial charge >= 0.3 is 0 Å². The number of aryl methyl sites for hydroxylation is 1. The van der Waals surface area contributed by atoms with E-state index in [9.17, 15) is 9.18 Å². The summed E-state index contributed by atoms with van der Waals surface area (Å²) in [5.41, 5.74) is 4.11. The number of hydrogen-bond acceptors (Lipinski definition) is 3. The monoisotopic (exact) mass is 409 g/mol. The van der Waals surface area contributed by atoms with E-state index in [0.717, 1.165) is 17.5 Å². The molecule has 3 nitrogen and oxygen atoms in total. The maximum atomic E-state index is 13.6. The van der Waals surface area contributed by atoms with Gasteiger partial charge in [-0.15, -0.1) is 0 Å². The average Bonchev–Trinajstić information content (AvgIpc) is 2.74. The van der Waals surface area contributed by atoms with E-state index in [0.29, 0.717) is 34.9 Å². The highest BCUT2D eigenvalue weighted by atomic mass is 19.1. The van der Waals surface area contributed by atoms with Crippen LogP contribution in [0.5, 0.6) is 5.75 Å². The SMILES string of the molecule is C=CC(CC(=O)c1cc(OCC)ccc1C)=Nc1cc(C(C)(C)CC)ccc1CF. The van der Waals surface area contributed by atoms with Gasteiger partial charge in [-0.1, -0.05) is 45.5 Å². The highest BCUT2D eigenvalue weighted by Crippen LogP contribution is 2.32. The van der Waals surface area contributed by atoms with Gasteiger partial charge in [0.15, 0.2) is 5.78 Å². The summed E-state index contributed by atoms with van der Waals surface area (Å²) >= 11 is 0. The number of nitrogens with zero attached hydrogens (tertiary/aromatic N) is 1. The first-order chi connectivity index (χ1) is 14.2. The lowest BCUT2D eigenvalue weighted by molar-refractivity contribution is 0.1000. The van der Waals surface area contributed by atoms with Crippen molar-refractivity contribution in [3.05, 3.63) is 71.3 Å². The normalized spacial score (nSPS) is 12.0. The number of halogens is 1. The number of ketones is 1. The smallest absolute Gasteiger partial charge is 0.169 e. The van der Waals surface area contributed by atoms with Crippen molar-refractivity contribution in [1.29, 1.82) is 0 Å². The second-order valence-corrected chi connectivity index (χ2v) is 8.03. The number of ether oxygens (including phenoxy) is 1. The molecule has 2 rings (SSSR count). The minimum absolute atomic E-state index is 0.0416. The van der Waals surface area contributed by atoms with Crippen LogP contribution in [-0.2, 0) is 12.1 Å². The van der Waals surface area contributed by atoms with Crippen LogP contribution in [0.2, 0.25) is 0 Å². The minimum Gasteiger partial charge on any atom is -0.494 e. The second kappa shape index (κ2) is 10.3. The molecule has 2 aromatic rings. The minimum atomic E-state index is -0.612. The second-order valence-electron chi connectivity index (χ2n) is 8.03. The Morgan fingerprint density at radius 3 is 2.53 bits per heavy atom. The molecule has 0 spiro atoms. The molecule has 0 aromatic heterocycles. The van der Waals surface area contributed by atoms with Crippen LogP contribution < -0.4 is 4.74 Å². The van der Waals surface area contributed by atoms with Crippen molar-refractivity contribution in [3.8, 4) is 5.75 Å². The topological polar surface area (TPSA) is 38.7 Å². The third-order valence-corrected chi connectivity index (χ3v) is 5.56. The Balaban J connectivity index is 2.38. The summed E-state index contributed by atoms with van der Waals surface area (Å²) < 4.78 is 19.1. The van der Waals surface area contributed by atoms with Gasteiger partial charge < -0.3 is 4.74 Å². The van der Waals surface area contributed by atoms with Crippen LogP contribution >= 0.6 is 0 Å². The van der Waals surface area contributed by atoms with Gasteiger partial charge in [0.25, 0.3) is 0 Å². The number of alkyl halides is 1. The molecule has 0 amide bonds. The summed E-state index contributed by atoms with van der Waals surface area (Å²) in [6.45, 7) is 14.0. The molecule has 0 aliphatic heterocycles. The number of aliphatic imine (C=N–C) groups is 1. The number of carbonyl (C=O) groups is 1. The summed E-state index contributed by atoms with van der Waals surface area (Å²) in [6.07, 6.45) is 2.61. The van der Waals surface area contributed by atoms with Gasteiger partial charge in [-0.2, -0.15) is 0 Å². The lowest BCUT2D eigenvalue weighted by atomic mass is 9.81. The fourth-order valence-corrected chi connectivity index (χ4v) is 3.14. The van der Waals surface area contributed by atoms with Crippen molar-refractivity contribution in [1.82, 2.24) is 0 Å². The van der Waals surface area contributed by atoms with Gasteiger partial charge in [0, 0.05) is 16.8 Å². The van der Waals surface area contributed by atoms with Gasteiger partial charge in [0.05, 0.1) is 18.7 Å². The van der Waals surface area contributed by atoms with E-state index in [-0.39, 0.29) is 17.6 Å². The first-order valence-corrected chi connectivity index (χ1v) is 10.4. The third kappa shape index (κ3) is 5.65. The Labute approximate surface area is 179 Å². The molecule has 0 fully saturated rings. The molecule has 0 saturated carbocycles. The molecule has 0 bridgehead atoms. The van der Waals surface area contributed by atoms with Crippen LogP contribution in [0, 0.1) is 6.92 Å². The van der Waals surface area contributed by atoms with Crippen molar-refractivity contribution in [2.24, 2.45) is 4.99 Å². The van der Waals surface area contributed by atoms with Gasteiger partial charge in [-0.3, -0.25) is 9.79 Å². The van der Waals surface area contributed by atoms with Crippen LogP contribution in [0.1, 0.15) is 67.6 Å². The van der Waals surface area contributed by atoms with E-state index in [1.165, 1.54) is 0 Å². The Kier molecular flexibility index (Phi) is 8.10. The Hall–Kier alpha value is -2.75. The quantitative estimate of drug-likeness (QED) is 0.310. The van der Waals surface area contributed by atoms with Gasteiger partial charge in [-0.25, -0.2) is 4.39 Å². The molecule has 0 heterocycles. The maximum absolute atomic E-state index is 13.6. The first-order valence-electron chi connectivity index (χ1n) is 10.4. The number of allylic oxidation sites excluding steroid dienone is 1. The predicted molar refractivity (Wildman–Crippen MR) is 123 cm³/mol. The van der Waals surface area contributed by atoms with Crippen molar-refractivity contribution in [3.63, 3.8) is 0 Å². The van der Waals surface area contributed by atoms with E-state index < -0.39 is 6.67 Å². The lowest BCUT2D eigenvalue weighted by Gasteiger charge is -2.24. The molecule has 0 radical (unpaired) electrons. The predicted octanol–water partition coefficient (Wildman–Crippen LogP) is 7.08. The van der Waals surface area contributed by atoms with E-state index in [2.05, 4.69) is 32.3 Å². The molecular formula is C26H32FNO2. The number of benzene rings is 2. The summed E-state index contributed by atoms with van der Waals surface area (Å²) in [5, 5.41) is 0. The fourth-order valence-electron chi connectivity index (χ4n) is 3.14. The average molecular weight is 410 g/mol. The van der Waals surface area contributed by atoms with Crippen LogP contribution in [0.4, 0.5) is 10.1 Å². The number of hydrogen-bond donors (Lipinski definition) is 0. The molecule has 2 aromatic carbocycles. The van der Waals surface area contributed by atoms with Gasteiger partial charge in [-0.05, 0) is 61.1 Å². The van der Waals surface area contributed by atoms with Crippen LogP contribution in [-0.4, -0.2) is 18.1 Å². The molecule has 0 atom stereocenters. The summed E-state index contributed by atoms with van der Waals surface area (Å²) in [7, 11) is 0. The summed E-state index contributed by atoms with van der Waals surface area (Å²) in [6, 6.07) is 11.2. The summed E-state index contributed by atoms with van der Waals surface area (Å²) in [4.78, 5) is 17.6. The first kappa shape index (κ1) is 23.5. The van der Waals surface area contributed by atoms with Crippen molar-refractivity contribution >= 4 is 17.2 Å². The van der Waals surface area contributed by atoms with E-state index in [1.807, 2.05) is 38.1 Å². The zero-order valence-corrected chi connectivity index (χ0v) is 18.7. The number of rotatable bonds is 10. The van der Waals surface area contributed by atoms with Crippen LogP contribution in [0.3, 0.4) is 0 Å². The molecule has 160 valence electrons. The molecule has 0 aliphatic rings. The van der Waals surface area contributed by atoms with E-state index >= 15 is 0 Å².